The third kappa shape index (κ3) is 7.47. The first-order valence-corrected chi connectivity index (χ1v) is 14.9. The zero-order valence-corrected chi connectivity index (χ0v) is 25.7. The average Bonchev–Trinajstić information content (AvgIpc) is 3.33. The van der Waals surface area contributed by atoms with Gasteiger partial charge in [0.05, 0.1) is 24.9 Å². The number of alkyl halides is 3. The molecule has 18 heteroatoms. The molecule has 0 bridgehead atoms. The number of carbonyl (C=O) groups is 2. The summed E-state index contributed by atoms with van der Waals surface area (Å²) in [6.45, 7) is 6.46. The fourth-order valence-corrected chi connectivity index (χ4v) is 5.74. The number of amides is 2. The van der Waals surface area contributed by atoms with Crippen molar-refractivity contribution in [2.24, 2.45) is 0 Å². The number of benzene rings is 1. The van der Waals surface area contributed by atoms with Crippen LogP contribution in [-0.2, 0) is 26.1 Å². The van der Waals surface area contributed by atoms with Crippen molar-refractivity contribution >= 4 is 33.4 Å². The summed E-state index contributed by atoms with van der Waals surface area (Å²) in [5.74, 6) is -1.04. The minimum Gasteiger partial charge on any atom is -0.484 e. The number of nitrogens with one attached hydrogen (secondary N) is 2. The molecule has 2 aromatic rings. The molecule has 44 heavy (non-hydrogen) atoms. The van der Waals surface area contributed by atoms with E-state index >= 15 is 0 Å². The van der Waals surface area contributed by atoms with Crippen LogP contribution in [0.5, 0.6) is 11.6 Å². The van der Waals surface area contributed by atoms with Crippen LogP contribution in [0.4, 0.5) is 29.3 Å². The molecular formula is C26H36F3N5O9S. The molecule has 2 amide bonds. The summed E-state index contributed by atoms with van der Waals surface area (Å²) in [6.07, 6.45) is -6.07. The summed E-state index contributed by atoms with van der Waals surface area (Å²) in [5.41, 5.74) is -4.76. The molecule has 2 unspecified atom stereocenters. The molecule has 1 aliphatic rings. The van der Waals surface area contributed by atoms with Crippen molar-refractivity contribution in [3.63, 3.8) is 0 Å². The molecular weight excluding hydrogens is 615 g/mol. The lowest BCUT2D eigenvalue weighted by Crippen LogP contribution is -2.56. The smallest absolute Gasteiger partial charge is 0.427 e. The topological polar surface area (TPSA) is 182 Å². The third-order valence-corrected chi connectivity index (χ3v) is 8.45. The standard InChI is InChI=1S/C26H36F3N5O9S/c1-7-33-14-20(21(32-33)41-11-10-35)44(39,40)34-15(2)19(13-30-22(36)24(3,4)38)42-18-9-8-16(12-17(18)34)31-23(37)43-25(5,6)26(27,28)29/h8-9,12,14-15,19,35,38H,7,10-11,13H2,1-6H3,(H,30,36)(H,31,37). The van der Waals surface area contributed by atoms with Gasteiger partial charge in [0.25, 0.3) is 21.8 Å². The lowest BCUT2D eigenvalue weighted by Gasteiger charge is -2.41. The summed E-state index contributed by atoms with van der Waals surface area (Å²) in [7, 11) is -4.56. The minimum atomic E-state index is -4.86. The number of sulfonamides is 1. The van der Waals surface area contributed by atoms with Crippen LogP contribution in [0.15, 0.2) is 29.3 Å². The summed E-state index contributed by atoms with van der Waals surface area (Å²) in [5, 5.41) is 28.0. The predicted octanol–water partition coefficient (Wildman–Crippen LogP) is 2.40. The highest BCUT2D eigenvalue weighted by Gasteiger charge is 2.51. The average molecular weight is 652 g/mol. The van der Waals surface area contributed by atoms with Crippen molar-refractivity contribution in [3.05, 3.63) is 24.4 Å². The number of fused-ring (bicyclic) bond motifs is 1. The number of ether oxygens (including phenoxy) is 3. The van der Waals surface area contributed by atoms with Crippen molar-refractivity contribution in [1.82, 2.24) is 15.1 Å². The summed E-state index contributed by atoms with van der Waals surface area (Å²) in [6, 6.07) is 2.68. The number of aliphatic hydroxyl groups is 2. The van der Waals surface area contributed by atoms with E-state index in [4.69, 9.17) is 9.47 Å². The Bertz CT molecular complexity index is 1470. The summed E-state index contributed by atoms with van der Waals surface area (Å²) in [4.78, 5) is 24.3. The van der Waals surface area contributed by atoms with Gasteiger partial charge in [0.15, 0.2) is 4.90 Å². The maximum Gasteiger partial charge on any atom is 0.427 e. The number of rotatable bonds is 11. The molecule has 0 fully saturated rings. The van der Waals surface area contributed by atoms with Crippen LogP contribution in [0.1, 0.15) is 41.5 Å². The monoisotopic (exact) mass is 651 g/mol. The zero-order chi connectivity index (χ0) is 33.3. The third-order valence-electron chi connectivity index (χ3n) is 6.57. The van der Waals surface area contributed by atoms with E-state index in [1.807, 2.05) is 0 Å². The van der Waals surface area contributed by atoms with Crippen LogP contribution in [0.25, 0.3) is 0 Å². The Morgan fingerprint density at radius 2 is 1.84 bits per heavy atom. The Morgan fingerprint density at radius 3 is 2.41 bits per heavy atom. The number of hydrogen-bond acceptors (Lipinski definition) is 10. The number of hydrogen-bond donors (Lipinski definition) is 4. The van der Waals surface area contributed by atoms with E-state index < -0.39 is 58.2 Å². The van der Waals surface area contributed by atoms with Crippen LogP contribution in [-0.4, -0.2) is 89.7 Å². The molecule has 1 aliphatic heterocycles. The van der Waals surface area contributed by atoms with Crippen LogP contribution in [0, 0.1) is 0 Å². The first-order valence-electron chi connectivity index (χ1n) is 13.5. The summed E-state index contributed by atoms with van der Waals surface area (Å²) >= 11 is 0. The van der Waals surface area contributed by atoms with Gasteiger partial charge in [-0.05, 0) is 59.7 Å². The number of aliphatic hydroxyl groups excluding tert-OH is 1. The minimum absolute atomic E-state index is 0.00979. The first kappa shape index (κ1) is 34.7. The Morgan fingerprint density at radius 1 is 1.18 bits per heavy atom. The first-order chi connectivity index (χ1) is 20.2. The van der Waals surface area contributed by atoms with Crippen LogP contribution in [0.2, 0.25) is 0 Å². The van der Waals surface area contributed by atoms with E-state index in [2.05, 4.69) is 20.5 Å². The van der Waals surface area contributed by atoms with Crippen LogP contribution < -0.4 is 24.4 Å². The highest BCUT2D eigenvalue weighted by molar-refractivity contribution is 7.93. The van der Waals surface area contributed by atoms with Crippen molar-refractivity contribution in [2.45, 2.75) is 82.5 Å². The van der Waals surface area contributed by atoms with E-state index in [1.165, 1.54) is 49.8 Å². The summed E-state index contributed by atoms with van der Waals surface area (Å²) < 4.78 is 86.4. The maximum absolute atomic E-state index is 14.3. The maximum atomic E-state index is 14.3. The van der Waals surface area contributed by atoms with Crippen molar-refractivity contribution in [1.29, 1.82) is 0 Å². The van der Waals surface area contributed by atoms with Crippen molar-refractivity contribution in [3.8, 4) is 11.6 Å². The van der Waals surface area contributed by atoms with Gasteiger partial charge in [-0.2, -0.15) is 13.2 Å². The second-order valence-electron chi connectivity index (χ2n) is 10.9. The van der Waals surface area contributed by atoms with Gasteiger partial charge in [0.1, 0.15) is 24.1 Å². The van der Waals surface area contributed by atoms with Gasteiger partial charge in [-0.1, -0.05) is 0 Å². The van der Waals surface area contributed by atoms with E-state index in [0.717, 1.165) is 4.31 Å². The molecule has 2 atom stereocenters. The van der Waals surface area contributed by atoms with E-state index in [0.29, 0.717) is 13.8 Å². The lowest BCUT2D eigenvalue weighted by atomic mass is 10.1. The van der Waals surface area contributed by atoms with Gasteiger partial charge in [0.2, 0.25) is 5.60 Å². The number of halogens is 3. The molecule has 246 valence electrons. The largest absolute Gasteiger partial charge is 0.484 e. The number of aromatic nitrogens is 2. The number of carbonyl (C=O) groups excluding carboxylic acids is 2. The second kappa shape index (κ2) is 12.7. The van der Waals surface area contributed by atoms with Gasteiger partial charge < -0.3 is 29.7 Å². The normalized spacial score (nSPS) is 17.4. The van der Waals surface area contributed by atoms with Gasteiger partial charge in [-0.3, -0.25) is 19.1 Å². The molecule has 14 nitrogen and oxygen atoms in total. The van der Waals surface area contributed by atoms with Gasteiger partial charge >= 0.3 is 12.3 Å². The molecule has 0 radical (unpaired) electrons. The molecule has 0 aliphatic carbocycles. The zero-order valence-electron chi connectivity index (χ0n) is 24.9. The van der Waals surface area contributed by atoms with Crippen LogP contribution in [0.3, 0.4) is 0 Å². The molecule has 1 aromatic carbocycles. The van der Waals surface area contributed by atoms with E-state index in [1.54, 1.807) is 6.92 Å². The molecule has 2 heterocycles. The fourth-order valence-electron chi connectivity index (χ4n) is 3.97. The second-order valence-corrected chi connectivity index (χ2v) is 12.7. The Kier molecular flexibility index (Phi) is 10.0. The Balaban J connectivity index is 2.07. The molecule has 0 saturated carbocycles. The van der Waals surface area contributed by atoms with E-state index in [-0.39, 0.29) is 47.6 Å². The van der Waals surface area contributed by atoms with E-state index in [9.17, 15) is 41.4 Å². The quantitative estimate of drug-likeness (QED) is 0.282. The number of nitrogens with zero attached hydrogens (tertiary/aromatic N) is 3. The van der Waals surface area contributed by atoms with Crippen LogP contribution >= 0.6 is 0 Å². The number of aryl methyl sites for hydroxylation is 1. The molecule has 3 rings (SSSR count). The highest BCUT2D eigenvalue weighted by atomic mass is 32.2. The molecule has 4 N–H and O–H groups in total. The lowest BCUT2D eigenvalue weighted by molar-refractivity contribution is -0.242. The molecule has 0 saturated heterocycles. The van der Waals surface area contributed by atoms with Crippen molar-refractivity contribution < 1.29 is 55.6 Å². The Labute approximate surface area is 252 Å². The Hall–Kier alpha value is -3.77. The van der Waals surface area contributed by atoms with Gasteiger partial charge in [-0.15, -0.1) is 5.10 Å². The predicted molar refractivity (Wildman–Crippen MR) is 150 cm³/mol. The molecule has 0 spiro atoms. The highest BCUT2D eigenvalue weighted by Crippen LogP contribution is 2.43. The van der Waals surface area contributed by atoms with Crippen molar-refractivity contribution in [2.75, 3.05) is 29.4 Å². The fraction of sp³-hybridized carbons (Fsp3) is 0.577. The molecule has 1 aromatic heterocycles. The van der Waals surface area contributed by atoms with Gasteiger partial charge in [-0.25, -0.2) is 13.2 Å². The van der Waals surface area contributed by atoms with Gasteiger partial charge in [0, 0.05) is 18.4 Å². The SMILES string of the molecule is CCn1cc(S(=O)(=O)N2c3cc(NC(=O)OC(C)(C)C(F)(F)F)ccc3OC(CNC(=O)C(C)(C)O)C2C)c(OCCO)n1. The number of anilines is 2.